The Kier molecular flexibility index (Phi) is 9.53. The quantitative estimate of drug-likeness (QED) is 0.233. The molecule has 256 valence electrons. The van der Waals surface area contributed by atoms with E-state index in [0.717, 1.165) is 6.08 Å². The fourth-order valence-corrected chi connectivity index (χ4v) is 6.61. The largest absolute Gasteiger partial charge is 0.458 e. The summed E-state index contributed by atoms with van der Waals surface area (Å²) >= 11 is 0. The monoisotopic (exact) mass is 675 g/mol. The van der Waals surface area contributed by atoms with Crippen molar-refractivity contribution in [3.05, 3.63) is 76.9 Å². The third-order valence-electron chi connectivity index (χ3n) is 8.61. The van der Waals surface area contributed by atoms with Gasteiger partial charge in [0, 0.05) is 31.1 Å². The van der Waals surface area contributed by atoms with Crippen molar-refractivity contribution < 1.29 is 61.2 Å². The molecule has 2 aromatic carbocycles. The minimum Gasteiger partial charge on any atom is -0.458 e. The lowest BCUT2D eigenvalue weighted by molar-refractivity contribution is -0.201. The van der Waals surface area contributed by atoms with Crippen molar-refractivity contribution in [1.82, 2.24) is 15.7 Å². The molecular weight excluding hydrogens is 643 g/mol. The number of carbonyl (C=O) groups is 4. The zero-order valence-corrected chi connectivity index (χ0v) is 25.3. The highest BCUT2D eigenvalue weighted by Crippen LogP contribution is 2.55. The van der Waals surface area contributed by atoms with Gasteiger partial charge in [-0.2, -0.15) is 18.2 Å². The maximum Gasteiger partial charge on any atom is 0.422 e. The average Bonchev–Trinajstić information content (AvgIpc) is 3.69. The Balaban J connectivity index is 1.21. The number of aliphatic hydroxyl groups is 1. The molecule has 4 fully saturated rings. The molecule has 4 aliphatic rings. The second kappa shape index (κ2) is 13.6. The van der Waals surface area contributed by atoms with Crippen LogP contribution < -0.4 is 10.6 Å². The fourth-order valence-electron chi connectivity index (χ4n) is 6.61. The van der Waals surface area contributed by atoms with Crippen molar-refractivity contribution >= 4 is 29.8 Å². The van der Waals surface area contributed by atoms with E-state index < -0.39 is 66.5 Å². The highest BCUT2D eigenvalue weighted by Gasteiger charge is 2.74. The van der Waals surface area contributed by atoms with Crippen LogP contribution in [-0.4, -0.2) is 97.1 Å². The topological polar surface area (TPSA) is 162 Å². The van der Waals surface area contributed by atoms with Crippen molar-refractivity contribution in [3.8, 4) is 0 Å². The van der Waals surface area contributed by atoms with E-state index in [9.17, 15) is 32.3 Å². The molecule has 2 amide bonds. The number of nitrogens with zero attached hydrogens (tertiary/aromatic N) is 1. The summed E-state index contributed by atoms with van der Waals surface area (Å²) in [4.78, 5) is 58.3. The molecule has 3 saturated heterocycles. The van der Waals surface area contributed by atoms with Gasteiger partial charge in [-0.3, -0.25) is 19.2 Å². The smallest absolute Gasteiger partial charge is 0.422 e. The summed E-state index contributed by atoms with van der Waals surface area (Å²) in [7, 11) is 0. The van der Waals surface area contributed by atoms with Crippen LogP contribution in [-0.2, 0) is 51.3 Å². The van der Waals surface area contributed by atoms with E-state index in [1.165, 1.54) is 11.1 Å². The number of hydrogen-bond acceptors (Lipinski definition) is 11. The number of ether oxygens (including phenoxy) is 4. The maximum absolute atomic E-state index is 14.2. The molecule has 1 saturated carbocycles. The molecular formula is C32H32F3N3O10. The van der Waals surface area contributed by atoms with E-state index >= 15 is 0 Å². The van der Waals surface area contributed by atoms with Gasteiger partial charge in [0.05, 0.1) is 13.2 Å². The summed E-state index contributed by atoms with van der Waals surface area (Å²) in [6.07, 6.45) is -5.40. The molecule has 3 heterocycles. The van der Waals surface area contributed by atoms with Gasteiger partial charge in [0.2, 0.25) is 5.91 Å². The van der Waals surface area contributed by atoms with Crippen molar-refractivity contribution in [3.63, 3.8) is 0 Å². The van der Waals surface area contributed by atoms with Crippen LogP contribution in [0.5, 0.6) is 0 Å². The summed E-state index contributed by atoms with van der Waals surface area (Å²) in [5.41, 5.74) is 0.604. The van der Waals surface area contributed by atoms with Gasteiger partial charge in [-0.05, 0) is 34.9 Å². The van der Waals surface area contributed by atoms with Crippen LogP contribution in [0.15, 0.2) is 54.6 Å². The molecule has 3 aliphatic heterocycles. The number of hydroxylamine groups is 2. The molecule has 0 radical (unpaired) electrons. The first-order chi connectivity index (χ1) is 23.0. The van der Waals surface area contributed by atoms with E-state index in [4.69, 9.17) is 24.2 Å². The number of carbonyl (C=O) groups excluding carboxylic acids is 4. The minimum atomic E-state index is -4.65. The van der Waals surface area contributed by atoms with Gasteiger partial charge in [0.25, 0.3) is 5.91 Å². The zero-order valence-electron chi connectivity index (χ0n) is 25.3. The fraction of sp³-hybridized carbons (Fsp3) is 0.438. The molecule has 3 N–H and O–H groups in total. The number of aliphatic hydroxyl groups excluding tert-OH is 1. The zero-order chi connectivity index (χ0) is 34.1. The normalized spacial score (nSPS) is 27.8. The molecule has 0 spiro atoms. The predicted molar refractivity (Wildman–Crippen MR) is 156 cm³/mol. The highest BCUT2D eigenvalue weighted by atomic mass is 19.4. The molecule has 6 atom stereocenters. The summed E-state index contributed by atoms with van der Waals surface area (Å²) in [6, 6.07) is 12.1. The lowest BCUT2D eigenvalue weighted by Crippen LogP contribution is -2.69. The molecule has 6 rings (SSSR count). The Morgan fingerprint density at radius 1 is 1.06 bits per heavy atom. The Bertz CT molecular complexity index is 1600. The SMILES string of the molecule is O=C(C=Cc1cccc(CN2O[C@@H]3[C@H]4OCO[C@H]4[C@H]4C[C@]3(C(=O)NCc3cccc(C(=O)NCCO)c3)[C@@H]2C(=O)O4)c1)OCC(F)(F)F. The van der Waals surface area contributed by atoms with E-state index in [2.05, 4.69) is 15.4 Å². The van der Waals surface area contributed by atoms with Crippen LogP contribution in [0.25, 0.3) is 6.08 Å². The number of hydrogen-bond donors (Lipinski definition) is 3. The van der Waals surface area contributed by atoms with E-state index in [0.29, 0.717) is 22.3 Å². The Labute approximate surface area is 271 Å². The molecule has 48 heavy (non-hydrogen) atoms. The molecule has 2 aromatic rings. The van der Waals surface area contributed by atoms with Gasteiger partial charge in [-0.1, -0.05) is 36.4 Å². The number of fused-ring (bicyclic) bond motifs is 4. The van der Waals surface area contributed by atoms with Crippen molar-refractivity contribution in [2.24, 2.45) is 5.41 Å². The third kappa shape index (κ3) is 6.79. The first-order valence-corrected chi connectivity index (χ1v) is 15.1. The van der Waals surface area contributed by atoms with Crippen LogP contribution in [0.2, 0.25) is 0 Å². The van der Waals surface area contributed by atoms with Gasteiger partial charge in [-0.15, -0.1) is 0 Å². The molecule has 0 aromatic heterocycles. The van der Waals surface area contributed by atoms with Gasteiger partial charge >= 0.3 is 18.1 Å². The number of nitrogens with one attached hydrogen (secondary N) is 2. The predicted octanol–water partition coefficient (Wildman–Crippen LogP) is 1.39. The summed E-state index contributed by atoms with van der Waals surface area (Å²) in [6.45, 7) is -1.86. The Morgan fingerprint density at radius 2 is 1.83 bits per heavy atom. The summed E-state index contributed by atoms with van der Waals surface area (Å²) < 4.78 is 58.6. The van der Waals surface area contributed by atoms with E-state index in [-0.39, 0.29) is 45.4 Å². The van der Waals surface area contributed by atoms with E-state index in [1.54, 1.807) is 48.5 Å². The number of halogens is 3. The van der Waals surface area contributed by atoms with Crippen LogP contribution in [0.4, 0.5) is 13.2 Å². The van der Waals surface area contributed by atoms with E-state index in [1.807, 2.05) is 0 Å². The first-order valence-electron chi connectivity index (χ1n) is 15.1. The molecule has 16 heteroatoms. The molecule has 13 nitrogen and oxygen atoms in total. The van der Waals surface area contributed by atoms with Crippen LogP contribution in [0.1, 0.15) is 33.5 Å². The van der Waals surface area contributed by atoms with Crippen LogP contribution in [0.3, 0.4) is 0 Å². The molecule has 1 aliphatic carbocycles. The number of benzene rings is 2. The average molecular weight is 676 g/mol. The number of rotatable bonds is 11. The van der Waals surface area contributed by atoms with Gasteiger partial charge in [-0.25, -0.2) is 4.79 Å². The lowest BCUT2D eigenvalue weighted by atomic mass is 9.62. The van der Waals surface area contributed by atoms with Gasteiger partial charge in [0.15, 0.2) is 12.6 Å². The van der Waals surface area contributed by atoms with Crippen molar-refractivity contribution in [1.29, 1.82) is 0 Å². The van der Waals surface area contributed by atoms with Gasteiger partial charge < -0.3 is 34.7 Å². The lowest BCUT2D eigenvalue weighted by Gasteiger charge is -2.48. The minimum absolute atomic E-state index is 0.000591. The third-order valence-corrected chi connectivity index (χ3v) is 8.61. The van der Waals surface area contributed by atoms with Crippen molar-refractivity contribution in [2.75, 3.05) is 26.6 Å². The second-order valence-electron chi connectivity index (χ2n) is 11.8. The van der Waals surface area contributed by atoms with Crippen LogP contribution in [0, 0.1) is 5.41 Å². The molecule has 2 bridgehead atoms. The Hall–Kier alpha value is -4.35. The molecule has 0 unspecified atom stereocenters. The number of amides is 2. The summed E-state index contributed by atoms with van der Waals surface area (Å²) in [5.74, 6) is -2.70. The van der Waals surface area contributed by atoms with Gasteiger partial charge in [0.1, 0.15) is 36.6 Å². The second-order valence-corrected chi connectivity index (χ2v) is 11.8. The maximum atomic E-state index is 14.2. The number of alkyl halides is 3. The van der Waals surface area contributed by atoms with Crippen LogP contribution >= 0.6 is 0 Å². The Morgan fingerprint density at radius 3 is 2.62 bits per heavy atom. The first kappa shape index (κ1) is 33.5. The highest BCUT2D eigenvalue weighted by molar-refractivity contribution is 5.95. The standard InChI is InChI=1S/C32H32F3N3O10/c33-32(34,35)16-44-23(40)8-7-18-3-1-5-20(11-18)15-38-26-29(42)47-22-13-31(26,27(48-38)25-24(22)45-17-46-25)30(43)37-14-19-4-2-6-21(12-19)28(41)36-9-10-39/h1-8,11-12,22,24-27,39H,9-10,13-17H2,(H,36,41)(H,37,43)/t22-,24+,25+,26+,27-,31+/m1/s1. The van der Waals surface area contributed by atoms with Crippen molar-refractivity contribution in [2.45, 2.75) is 56.1 Å². The summed E-state index contributed by atoms with van der Waals surface area (Å²) in [5, 5.41) is 15.9. The number of esters is 2.